The van der Waals surface area contributed by atoms with Crippen LogP contribution in [0.25, 0.3) is 0 Å². The molecule has 0 saturated carbocycles. The fraction of sp³-hybridized carbons (Fsp3) is 0.143. The lowest BCUT2D eigenvalue weighted by molar-refractivity contribution is 0.0949. The zero-order chi connectivity index (χ0) is 10.1. The second-order valence-electron chi connectivity index (χ2n) is 1.72. The minimum absolute atomic E-state index is 0. The zero-order valence-corrected chi connectivity index (χ0v) is 8.61. The highest BCUT2D eigenvalue weighted by Gasteiger charge is 2.04. The molecule has 1 aromatic heterocycles. The van der Waals surface area contributed by atoms with Gasteiger partial charge in [0.1, 0.15) is 0 Å². The van der Waals surface area contributed by atoms with E-state index < -0.39 is 12.5 Å². The molecule has 1 aromatic rings. The summed E-state index contributed by atoms with van der Waals surface area (Å²) in [6.45, 7) is -0.993. The number of Topliss-reactive ketones (excluding diaryl/α,β-unsaturated/α-hetero) is 1. The molecule has 1 N–H and O–H groups in total. The Morgan fingerprint density at radius 3 is 2.43 bits per heavy atom. The molecular formula is C7H6BrFN4O. The lowest BCUT2D eigenvalue weighted by atomic mass is 10.4. The van der Waals surface area contributed by atoms with E-state index in [1.165, 1.54) is 24.5 Å². The van der Waals surface area contributed by atoms with Gasteiger partial charge in [-0.1, -0.05) is 0 Å². The lowest BCUT2D eigenvalue weighted by Gasteiger charge is -1.84. The molecule has 74 valence electrons. The van der Waals surface area contributed by atoms with Crippen molar-refractivity contribution in [3.05, 3.63) is 18.2 Å². The van der Waals surface area contributed by atoms with E-state index in [0.717, 1.165) is 0 Å². The molecule has 7 heteroatoms. The molecule has 0 atom stereocenters. The number of alkyl halides is 1. The first kappa shape index (κ1) is 14.8. The van der Waals surface area contributed by atoms with E-state index in [2.05, 4.69) is 9.97 Å². The van der Waals surface area contributed by atoms with Crippen molar-refractivity contribution in [3.63, 3.8) is 0 Å². The maximum absolute atomic E-state index is 11.5. The average Bonchev–Trinajstić information content (AvgIpc) is 2.70. The van der Waals surface area contributed by atoms with Crippen LogP contribution in [0.5, 0.6) is 0 Å². The largest absolute Gasteiger partial charge is 0.342 e. The van der Waals surface area contributed by atoms with Crippen molar-refractivity contribution < 1.29 is 9.18 Å². The van der Waals surface area contributed by atoms with Crippen molar-refractivity contribution in [2.45, 2.75) is 0 Å². The Labute approximate surface area is 90.0 Å². The van der Waals surface area contributed by atoms with Gasteiger partial charge in [-0.25, -0.2) is 9.37 Å². The van der Waals surface area contributed by atoms with Crippen LogP contribution < -0.4 is 0 Å². The zero-order valence-electron chi connectivity index (χ0n) is 6.90. The first-order valence-corrected chi connectivity index (χ1v) is 3.13. The molecule has 0 radical (unpaired) electrons. The van der Waals surface area contributed by atoms with Crippen molar-refractivity contribution in [3.8, 4) is 12.1 Å². The minimum Gasteiger partial charge on any atom is -0.342 e. The molecule has 0 aliphatic rings. The molecule has 0 unspecified atom stereocenters. The van der Waals surface area contributed by atoms with Gasteiger partial charge in [-0.3, -0.25) is 4.79 Å². The summed E-state index contributed by atoms with van der Waals surface area (Å²) >= 11 is 0. The molecular weight excluding hydrogens is 255 g/mol. The molecule has 14 heavy (non-hydrogen) atoms. The quantitative estimate of drug-likeness (QED) is 0.808. The molecule has 0 aliphatic carbocycles. The van der Waals surface area contributed by atoms with Gasteiger partial charge < -0.3 is 4.98 Å². The Morgan fingerprint density at radius 1 is 1.57 bits per heavy atom. The monoisotopic (exact) mass is 260 g/mol. The van der Waals surface area contributed by atoms with Gasteiger partial charge in [0, 0.05) is 12.4 Å². The highest BCUT2D eigenvalue weighted by Crippen LogP contribution is 1.89. The summed E-state index contributed by atoms with van der Waals surface area (Å²) in [6, 6.07) is 2.47. The van der Waals surface area contributed by atoms with E-state index in [1.54, 1.807) is 0 Å². The van der Waals surface area contributed by atoms with E-state index in [-0.39, 0.29) is 22.8 Å². The number of nitrogens with zero attached hydrogens (tertiary/aromatic N) is 3. The smallest absolute Gasteiger partial charge is 0.228 e. The van der Waals surface area contributed by atoms with Crippen molar-refractivity contribution in [1.82, 2.24) is 9.97 Å². The second-order valence-corrected chi connectivity index (χ2v) is 1.72. The maximum atomic E-state index is 11.5. The topological polar surface area (TPSA) is 93.3 Å². The van der Waals surface area contributed by atoms with E-state index in [4.69, 9.17) is 10.5 Å². The number of aromatic amines is 1. The highest BCUT2D eigenvalue weighted by atomic mass is 79.9. The number of carbonyl (C=O) groups is 1. The predicted octanol–water partition coefficient (Wildman–Crippen LogP) is 1.17. The van der Waals surface area contributed by atoms with Gasteiger partial charge in [-0.05, 0) is 0 Å². The fourth-order valence-electron chi connectivity index (χ4n) is 0.481. The Balaban J connectivity index is 0. The minimum atomic E-state index is -0.993. The number of hydrogen-bond acceptors (Lipinski definition) is 4. The summed E-state index contributed by atoms with van der Waals surface area (Å²) in [4.78, 5) is 16.4. The molecule has 0 saturated heterocycles. The van der Waals surface area contributed by atoms with Gasteiger partial charge in [0.2, 0.25) is 5.78 Å². The standard InChI is InChI=1S/C5H5FN2O.C2N2.BrH/c6-3-4(9)5-7-1-2-8-5;3-1-2-4;/h1-2H,3H2,(H,7,8);;1H. The molecule has 0 spiro atoms. The van der Waals surface area contributed by atoms with Crippen LogP contribution in [-0.4, -0.2) is 22.4 Å². The Morgan fingerprint density at radius 2 is 2.14 bits per heavy atom. The Bertz CT molecular complexity index is 326. The summed E-state index contributed by atoms with van der Waals surface area (Å²) < 4.78 is 11.5. The SMILES string of the molecule is Br.N#CC#N.O=C(CF)c1ncc[nH]1. The maximum Gasteiger partial charge on any atom is 0.228 e. The molecule has 1 rings (SSSR count). The molecule has 0 amide bonds. The Hall–Kier alpha value is -1.73. The van der Waals surface area contributed by atoms with E-state index in [9.17, 15) is 9.18 Å². The van der Waals surface area contributed by atoms with Crippen LogP contribution in [0.2, 0.25) is 0 Å². The number of H-pyrrole nitrogens is 1. The highest BCUT2D eigenvalue weighted by molar-refractivity contribution is 8.93. The number of halogens is 2. The molecule has 5 nitrogen and oxygen atoms in total. The van der Waals surface area contributed by atoms with Crippen LogP contribution in [-0.2, 0) is 0 Å². The normalized spacial score (nSPS) is 6.79. The number of ketones is 1. The summed E-state index contributed by atoms with van der Waals surface area (Å²) in [5.74, 6) is -0.530. The van der Waals surface area contributed by atoms with Crippen LogP contribution in [0.1, 0.15) is 10.6 Å². The lowest BCUT2D eigenvalue weighted by Crippen LogP contribution is -2.02. The molecule has 0 fully saturated rings. The van der Waals surface area contributed by atoms with Crippen LogP contribution >= 0.6 is 17.0 Å². The fourth-order valence-corrected chi connectivity index (χ4v) is 0.481. The van der Waals surface area contributed by atoms with Crippen molar-refractivity contribution >= 4 is 22.8 Å². The van der Waals surface area contributed by atoms with E-state index in [1.807, 2.05) is 0 Å². The number of imidazole rings is 1. The van der Waals surface area contributed by atoms with E-state index >= 15 is 0 Å². The number of aromatic nitrogens is 2. The molecule has 0 aliphatic heterocycles. The van der Waals surface area contributed by atoms with E-state index in [0.29, 0.717) is 0 Å². The number of nitrogens with one attached hydrogen (secondary N) is 1. The van der Waals surface area contributed by atoms with Gasteiger partial charge in [0.05, 0.1) is 0 Å². The van der Waals surface area contributed by atoms with Crippen LogP contribution in [0.3, 0.4) is 0 Å². The third kappa shape index (κ3) is 5.86. The van der Waals surface area contributed by atoms with Crippen molar-refractivity contribution in [1.29, 1.82) is 10.5 Å². The first-order chi connectivity index (χ1) is 6.26. The van der Waals surface area contributed by atoms with Gasteiger partial charge in [0.25, 0.3) is 0 Å². The van der Waals surface area contributed by atoms with Gasteiger partial charge in [-0.15, -0.1) is 17.0 Å². The Kier molecular flexibility index (Phi) is 9.88. The number of rotatable bonds is 2. The molecule has 0 bridgehead atoms. The molecule has 1 heterocycles. The first-order valence-electron chi connectivity index (χ1n) is 3.13. The van der Waals surface area contributed by atoms with Crippen molar-refractivity contribution in [2.75, 3.05) is 6.67 Å². The summed E-state index contributed by atoms with van der Waals surface area (Å²) in [6.07, 6.45) is 2.88. The van der Waals surface area contributed by atoms with Crippen LogP contribution in [0.15, 0.2) is 12.4 Å². The summed E-state index contributed by atoms with van der Waals surface area (Å²) in [5.41, 5.74) is 0. The number of carbonyl (C=O) groups excluding carboxylic acids is 1. The third-order valence-corrected chi connectivity index (χ3v) is 0.934. The molecule has 0 aromatic carbocycles. The predicted molar refractivity (Wildman–Crippen MR) is 50.4 cm³/mol. The van der Waals surface area contributed by atoms with Gasteiger partial charge in [-0.2, -0.15) is 10.5 Å². The van der Waals surface area contributed by atoms with Gasteiger partial charge >= 0.3 is 0 Å². The second kappa shape index (κ2) is 9.36. The number of nitriles is 2. The third-order valence-electron chi connectivity index (χ3n) is 0.934. The summed E-state index contributed by atoms with van der Waals surface area (Å²) in [7, 11) is 0. The van der Waals surface area contributed by atoms with Crippen molar-refractivity contribution in [2.24, 2.45) is 0 Å². The van der Waals surface area contributed by atoms with Gasteiger partial charge in [0.15, 0.2) is 24.6 Å². The van der Waals surface area contributed by atoms with Crippen LogP contribution in [0, 0.1) is 22.7 Å². The van der Waals surface area contributed by atoms with Crippen LogP contribution in [0.4, 0.5) is 4.39 Å². The average molecular weight is 261 g/mol. The summed E-state index contributed by atoms with van der Waals surface area (Å²) in [5, 5.41) is 14.5. The number of hydrogen-bond donors (Lipinski definition) is 1.